The number of pyridine rings is 1. The Morgan fingerprint density at radius 1 is 1.24 bits per heavy atom. The van der Waals surface area contributed by atoms with Gasteiger partial charge < -0.3 is 10.4 Å². The molecule has 108 valence electrons. The maximum atomic E-state index is 12.1. The van der Waals surface area contributed by atoms with Gasteiger partial charge in [-0.05, 0) is 40.2 Å². The number of carboxylic acids is 1. The number of carbonyl (C=O) groups is 2. The van der Waals surface area contributed by atoms with E-state index in [1.807, 2.05) is 0 Å². The molecule has 0 atom stereocenters. The summed E-state index contributed by atoms with van der Waals surface area (Å²) in [6.45, 7) is 0. The van der Waals surface area contributed by atoms with E-state index in [2.05, 4.69) is 26.2 Å². The third-order valence-corrected chi connectivity index (χ3v) is 3.50. The highest BCUT2D eigenvalue weighted by molar-refractivity contribution is 9.10. The van der Waals surface area contributed by atoms with Crippen LogP contribution < -0.4 is 5.32 Å². The van der Waals surface area contributed by atoms with Gasteiger partial charge in [0.05, 0.1) is 21.8 Å². The van der Waals surface area contributed by atoms with Crippen molar-refractivity contribution in [3.8, 4) is 0 Å². The molecule has 2 rings (SSSR count). The fourth-order valence-corrected chi connectivity index (χ4v) is 2.34. The molecule has 1 amide bonds. The minimum Gasteiger partial charge on any atom is -0.478 e. The predicted molar refractivity (Wildman–Crippen MR) is 83.3 cm³/mol. The summed E-state index contributed by atoms with van der Waals surface area (Å²) < 4.78 is 0.579. The Bertz CT molecular complexity index is 720. The molecular weight excluding hydrogens is 383 g/mol. The van der Waals surface area contributed by atoms with Crippen molar-refractivity contribution in [1.29, 1.82) is 0 Å². The fraction of sp³-hybridized carbons (Fsp3) is 0. The zero-order valence-corrected chi connectivity index (χ0v) is 13.3. The molecule has 0 saturated heterocycles. The molecule has 1 aromatic heterocycles. The Hall–Kier alpha value is -1.63. The second kappa shape index (κ2) is 6.43. The van der Waals surface area contributed by atoms with Crippen molar-refractivity contribution < 1.29 is 14.7 Å². The van der Waals surface area contributed by atoms with Gasteiger partial charge in [-0.3, -0.25) is 4.79 Å². The Morgan fingerprint density at radius 2 is 1.95 bits per heavy atom. The number of hydrogen-bond acceptors (Lipinski definition) is 3. The largest absolute Gasteiger partial charge is 0.478 e. The van der Waals surface area contributed by atoms with Gasteiger partial charge in [0.15, 0.2) is 0 Å². The molecule has 0 aliphatic rings. The van der Waals surface area contributed by atoms with Gasteiger partial charge >= 0.3 is 5.97 Å². The first-order valence-corrected chi connectivity index (χ1v) is 7.08. The number of anilines is 1. The Morgan fingerprint density at radius 3 is 2.52 bits per heavy atom. The molecule has 0 saturated carbocycles. The molecule has 2 aromatic rings. The topological polar surface area (TPSA) is 79.3 Å². The van der Waals surface area contributed by atoms with Crippen LogP contribution in [0, 0.1) is 0 Å². The summed E-state index contributed by atoms with van der Waals surface area (Å²) in [6, 6.07) is 5.70. The van der Waals surface area contributed by atoms with E-state index in [-0.39, 0.29) is 26.9 Å². The van der Waals surface area contributed by atoms with Gasteiger partial charge in [-0.15, -0.1) is 0 Å². The maximum absolute atomic E-state index is 12.1. The predicted octanol–water partition coefficient (Wildman–Crippen LogP) is 4.10. The molecule has 0 fully saturated rings. The number of carbonyl (C=O) groups excluding carboxylic acids is 1. The maximum Gasteiger partial charge on any atom is 0.337 e. The van der Waals surface area contributed by atoms with Gasteiger partial charge in [0.2, 0.25) is 0 Å². The zero-order valence-electron chi connectivity index (χ0n) is 10.2. The molecule has 21 heavy (non-hydrogen) atoms. The molecule has 2 N–H and O–H groups in total. The van der Waals surface area contributed by atoms with Crippen LogP contribution >= 0.6 is 39.1 Å². The van der Waals surface area contributed by atoms with Crippen molar-refractivity contribution in [3.63, 3.8) is 0 Å². The lowest BCUT2D eigenvalue weighted by molar-refractivity contribution is 0.0698. The highest BCUT2D eigenvalue weighted by atomic mass is 79.9. The molecule has 0 radical (unpaired) electrons. The summed E-state index contributed by atoms with van der Waals surface area (Å²) in [5.41, 5.74) is 0.0629. The number of aromatic carboxylic acids is 1. The van der Waals surface area contributed by atoms with E-state index in [0.717, 1.165) is 0 Å². The number of nitrogens with one attached hydrogen (secondary N) is 1. The zero-order chi connectivity index (χ0) is 15.6. The second-order valence-electron chi connectivity index (χ2n) is 3.94. The highest BCUT2D eigenvalue weighted by Crippen LogP contribution is 2.30. The number of benzene rings is 1. The van der Waals surface area contributed by atoms with Gasteiger partial charge in [0.25, 0.3) is 5.91 Å². The van der Waals surface area contributed by atoms with Crippen LogP contribution in [0.1, 0.15) is 20.7 Å². The van der Waals surface area contributed by atoms with Crippen LogP contribution in [0.2, 0.25) is 10.0 Å². The average molecular weight is 390 g/mol. The molecule has 8 heteroatoms. The Balaban J connectivity index is 2.37. The van der Waals surface area contributed by atoms with Crippen molar-refractivity contribution in [3.05, 3.63) is 56.2 Å². The monoisotopic (exact) mass is 388 g/mol. The van der Waals surface area contributed by atoms with Gasteiger partial charge in [-0.2, -0.15) is 0 Å². The first-order chi connectivity index (χ1) is 9.88. The number of amides is 1. The highest BCUT2D eigenvalue weighted by Gasteiger charge is 2.18. The minimum atomic E-state index is -1.25. The van der Waals surface area contributed by atoms with E-state index >= 15 is 0 Å². The summed E-state index contributed by atoms with van der Waals surface area (Å²) in [6.07, 6.45) is 1.35. The van der Waals surface area contributed by atoms with Crippen molar-refractivity contribution in [1.82, 2.24) is 4.98 Å². The molecule has 0 unspecified atom stereocenters. The Kier molecular flexibility index (Phi) is 4.82. The van der Waals surface area contributed by atoms with Crippen LogP contribution in [0.3, 0.4) is 0 Å². The van der Waals surface area contributed by atoms with Crippen molar-refractivity contribution in [2.75, 3.05) is 5.32 Å². The fourth-order valence-electron chi connectivity index (χ4n) is 1.57. The van der Waals surface area contributed by atoms with Crippen LogP contribution in [0.25, 0.3) is 0 Å². The van der Waals surface area contributed by atoms with Crippen LogP contribution in [-0.4, -0.2) is 22.0 Å². The molecule has 0 aliphatic carbocycles. The van der Waals surface area contributed by atoms with Crippen LogP contribution in [0.15, 0.2) is 35.1 Å². The molecule has 5 nitrogen and oxygen atoms in total. The van der Waals surface area contributed by atoms with E-state index in [1.165, 1.54) is 24.4 Å². The molecule has 0 spiro atoms. The standard InChI is InChI=1S/C13H7BrCl2N2O3/c14-10-2-1-6(5-17-10)12(19)18-11-8(13(20)21)3-7(15)4-9(11)16/h1-5H,(H,18,19)(H,20,21). The van der Waals surface area contributed by atoms with Crippen LogP contribution in [-0.2, 0) is 0 Å². The first-order valence-electron chi connectivity index (χ1n) is 5.53. The number of nitrogens with zero attached hydrogens (tertiary/aromatic N) is 1. The second-order valence-corrected chi connectivity index (χ2v) is 5.60. The molecule has 1 heterocycles. The third kappa shape index (κ3) is 3.72. The number of carboxylic acid groups (broad SMARTS) is 1. The van der Waals surface area contributed by atoms with Crippen molar-refractivity contribution >= 4 is 56.7 Å². The normalized spacial score (nSPS) is 10.2. The van der Waals surface area contributed by atoms with E-state index in [0.29, 0.717) is 4.60 Å². The lowest BCUT2D eigenvalue weighted by Gasteiger charge is -2.11. The third-order valence-electron chi connectivity index (χ3n) is 2.51. The quantitative estimate of drug-likeness (QED) is 0.774. The molecule has 0 bridgehead atoms. The summed E-state index contributed by atoms with van der Waals surface area (Å²) in [7, 11) is 0. The van der Waals surface area contributed by atoms with Gasteiger partial charge in [-0.1, -0.05) is 23.2 Å². The number of hydrogen-bond donors (Lipinski definition) is 2. The minimum absolute atomic E-state index is 0.0125. The van der Waals surface area contributed by atoms with Crippen LogP contribution in [0.4, 0.5) is 5.69 Å². The molecular formula is C13H7BrCl2N2O3. The summed E-state index contributed by atoms with van der Waals surface area (Å²) in [5, 5.41) is 11.8. The van der Waals surface area contributed by atoms with Crippen LogP contribution in [0.5, 0.6) is 0 Å². The lowest BCUT2D eigenvalue weighted by Crippen LogP contribution is -2.15. The van der Waals surface area contributed by atoms with E-state index < -0.39 is 11.9 Å². The lowest BCUT2D eigenvalue weighted by atomic mass is 10.1. The van der Waals surface area contributed by atoms with E-state index in [9.17, 15) is 9.59 Å². The summed E-state index contributed by atoms with van der Waals surface area (Å²) in [4.78, 5) is 27.2. The summed E-state index contributed by atoms with van der Waals surface area (Å²) in [5.74, 6) is -1.77. The SMILES string of the molecule is O=C(Nc1c(Cl)cc(Cl)cc1C(=O)O)c1ccc(Br)nc1. The average Bonchev–Trinajstić information content (AvgIpc) is 2.41. The van der Waals surface area contributed by atoms with E-state index in [4.69, 9.17) is 28.3 Å². The number of rotatable bonds is 3. The van der Waals surface area contributed by atoms with Crippen molar-refractivity contribution in [2.45, 2.75) is 0 Å². The first kappa shape index (κ1) is 15.8. The Labute approximate surface area is 138 Å². The van der Waals surface area contributed by atoms with Gasteiger partial charge in [0, 0.05) is 11.2 Å². The molecule has 0 aliphatic heterocycles. The number of aromatic nitrogens is 1. The van der Waals surface area contributed by atoms with Gasteiger partial charge in [-0.25, -0.2) is 9.78 Å². The van der Waals surface area contributed by atoms with Gasteiger partial charge in [0.1, 0.15) is 4.60 Å². The van der Waals surface area contributed by atoms with E-state index in [1.54, 1.807) is 6.07 Å². The van der Waals surface area contributed by atoms with Crippen molar-refractivity contribution in [2.24, 2.45) is 0 Å². The summed E-state index contributed by atoms with van der Waals surface area (Å²) >= 11 is 14.9. The smallest absolute Gasteiger partial charge is 0.337 e. The molecule has 1 aromatic carbocycles. The number of halogens is 3.